The second kappa shape index (κ2) is 6.99. The van der Waals surface area contributed by atoms with Gasteiger partial charge in [-0.25, -0.2) is 4.99 Å². The van der Waals surface area contributed by atoms with Crippen molar-refractivity contribution in [3.8, 4) is 0 Å². The van der Waals surface area contributed by atoms with E-state index in [0.717, 1.165) is 17.7 Å². The zero-order chi connectivity index (χ0) is 15.2. The first-order valence-corrected chi connectivity index (χ1v) is 7.23. The number of nitrogens with zero attached hydrogens (tertiary/aromatic N) is 2. The number of carbonyl (C=O) groups excluding carboxylic acids is 1. The van der Waals surface area contributed by atoms with E-state index in [1.165, 1.54) is 0 Å². The van der Waals surface area contributed by atoms with E-state index in [0.29, 0.717) is 30.2 Å². The highest BCUT2D eigenvalue weighted by atomic mass is 79.9. The number of rotatable bonds is 5. The van der Waals surface area contributed by atoms with Crippen molar-refractivity contribution in [1.82, 2.24) is 0 Å². The molecular weight excluding hydrogens is 332 g/mol. The van der Waals surface area contributed by atoms with Crippen LogP contribution in [0.5, 0.6) is 0 Å². The molecule has 5 nitrogen and oxygen atoms in total. The van der Waals surface area contributed by atoms with E-state index < -0.39 is 0 Å². The van der Waals surface area contributed by atoms with Crippen LogP contribution in [0, 0.1) is 5.41 Å². The number of hydrogen-bond donors (Lipinski definition) is 2. The number of amidine groups is 1. The molecule has 0 unspecified atom stereocenters. The number of carbonyl (C=O) groups is 1. The Morgan fingerprint density at radius 3 is 3.00 bits per heavy atom. The van der Waals surface area contributed by atoms with Crippen LogP contribution >= 0.6 is 15.9 Å². The summed E-state index contributed by atoms with van der Waals surface area (Å²) in [5, 5.41) is 7.98. The van der Waals surface area contributed by atoms with Gasteiger partial charge in [0.25, 0.3) is 0 Å². The van der Waals surface area contributed by atoms with Crippen LogP contribution in [0.4, 0.5) is 11.4 Å². The molecule has 0 aliphatic carbocycles. The first-order valence-electron chi connectivity index (χ1n) is 6.32. The minimum absolute atomic E-state index is 0.401. The van der Waals surface area contributed by atoms with Crippen LogP contribution in [0.2, 0.25) is 0 Å². The Bertz CT molecular complexity index is 649. The summed E-state index contributed by atoms with van der Waals surface area (Å²) in [6.07, 6.45) is 6.08. The minimum atomic E-state index is 0.401. The molecule has 0 bridgehead atoms. The Hall–Kier alpha value is -2.21. The summed E-state index contributed by atoms with van der Waals surface area (Å²) in [6, 6.07) is 5.25. The normalized spacial score (nSPS) is 14.3. The Labute approximate surface area is 131 Å². The molecule has 0 saturated heterocycles. The number of benzene rings is 1. The van der Waals surface area contributed by atoms with Crippen LogP contribution in [0.25, 0.3) is 0 Å². The fraction of sp³-hybridized carbons (Fsp3) is 0.133. The van der Waals surface area contributed by atoms with E-state index in [2.05, 4.69) is 20.9 Å². The molecule has 108 valence electrons. The first-order chi connectivity index (χ1) is 10.1. The van der Waals surface area contributed by atoms with Gasteiger partial charge in [0.2, 0.25) is 0 Å². The Kier molecular flexibility index (Phi) is 5.05. The summed E-state index contributed by atoms with van der Waals surface area (Å²) in [5.74, 6) is 0.499. The molecule has 0 atom stereocenters. The average Bonchev–Trinajstić information content (AvgIpc) is 2.47. The summed E-state index contributed by atoms with van der Waals surface area (Å²) in [7, 11) is 0. The number of nitrogens with two attached hydrogens (primary N) is 1. The summed E-state index contributed by atoms with van der Waals surface area (Å²) in [4.78, 5) is 18.9. The summed E-state index contributed by atoms with van der Waals surface area (Å²) in [6.45, 7) is 0.845. The van der Waals surface area contributed by atoms with Crippen molar-refractivity contribution in [3.05, 3.63) is 47.0 Å². The van der Waals surface area contributed by atoms with Gasteiger partial charge in [-0.2, -0.15) is 0 Å². The molecule has 1 aromatic carbocycles. The number of nitrogens with one attached hydrogen (secondary N) is 1. The monoisotopic (exact) mass is 346 g/mol. The lowest BCUT2D eigenvalue weighted by Crippen LogP contribution is -2.39. The highest BCUT2D eigenvalue weighted by Gasteiger charge is 2.19. The molecule has 0 amide bonds. The second-order valence-electron chi connectivity index (χ2n) is 4.53. The van der Waals surface area contributed by atoms with Gasteiger partial charge in [-0.1, -0.05) is 28.1 Å². The van der Waals surface area contributed by atoms with Crippen LogP contribution in [0.3, 0.4) is 0 Å². The third-order valence-corrected chi connectivity index (χ3v) is 3.24. The number of halogens is 1. The molecule has 1 heterocycles. The lowest BCUT2D eigenvalue weighted by molar-refractivity contribution is 0.112. The van der Waals surface area contributed by atoms with E-state index >= 15 is 0 Å². The average molecular weight is 347 g/mol. The van der Waals surface area contributed by atoms with Gasteiger partial charge >= 0.3 is 0 Å². The van der Waals surface area contributed by atoms with Gasteiger partial charge in [-0.15, -0.1) is 0 Å². The van der Waals surface area contributed by atoms with Crippen molar-refractivity contribution in [1.29, 1.82) is 5.41 Å². The lowest BCUT2D eigenvalue weighted by Gasteiger charge is -2.29. The number of anilines is 1. The highest BCUT2D eigenvalue weighted by molar-refractivity contribution is 9.11. The molecule has 0 spiro atoms. The fourth-order valence-corrected chi connectivity index (χ4v) is 2.22. The zero-order valence-corrected chi connectivity index (χ0v) is 12.9. The number of allylic oxidation sites excluding steroid dienone is 2. The minimum Gasteiger partial charge on any atom is -0.386 e. The highest BCUT2D eigenvalue weighted by Crippen LogP contribution is 2.32. The molecule has 2 rings (SSSR count). The van der Waals surface area contributed by atoms with Gasteiger partial charge in [0, 0.05) is 5.56 Å². The fourth-order valence-electron chi connectivity index (χ4n) is 2.05. The van der Waals surface area contributed by atoms with Crippen LogP contribution in [-0.4, -0.2) is 30.9 Å². The van der Waals surface area contributed by atoms with E-state index in [1.807, 2.05) is 4.90 Å². The van der Waals surface area contributed by atoms with Gasteiger partial charge < -0.3 is 16.0 Å². The van der Waals surface area contributed by atoms with Crippen LogP contribution < -0.4 is 10.6 Å². The summed E-state index contributed by atoms with van der Waals surface area (Å²) in [5.41, 5.74) is 8.41. The zero-order valence-electron chi connectivity index (χ0n) is 11.3. The number of fused-ring (bicyclic) bond motifs is 1. The summed E-state index contributed by atoms with van der Waals surface area (Å²) < 4.78 is 0. The van der Waals surface area contributed by atoms with Crippen molar-refractivity contribution in [2.75, 3.05) is 18.0 Å². The van der Waals surface area contributed by atoms with Crippen molar-refractivity contribution in [3.63, 3.8) is 0 Å². The maximum Gasteiger partial charge on any atom is 0.150 e. The van der Waals surface area contributed by atoms with Gasteiger partial charge in [-0.05, 0) is 29.3 Å². The topological polar surface area (TPSA) is 82.5 Å². The van der Waals surface area contributed by atoms with Crippen molar-refractivity contribution >= 4 is 45.1 Å². The molecular formula is C15H15BrN4O. The number of aldehydes is 1. The molecule has 1 aliphatic heterocycles. The predicted molar refractivity (Wildman–Crippen MR) is 90.3 cm³/mol. The molecule has 6 heteroatoms. The molecule has 0 saturated carbocycles. The molecule has 1 aromatic rings. The molecule has 1 aliphatic rings. The van der Waals surface area contributed by atoms with Crippen molar-refractivity contribution in [2.45, 2.75) is 0 Å². The SMILES string of the molecule is N=C(/C=C\C=C\Br)CN1CC(N)=Nc2ccc(C=O)cc21. The van der Waals surface area contributed by atoms with Crippen LogP contribution in [0.1, 0.15) is 10.4 Å². The van der Waals surface area contributed by atoms with Crippen LogP contribution in [-0.2, 0) is 0 Å². The van der Waals surface area contributed by atoms with Gasteiger partial charge in [0.15, 0.2) is 0 Å². The Morgan fingerprint density at radius 2 is 2.29 bits per heavy atom. The Balaban J connectivity index is 2.24. The molecule has 0 fully saturated rings. The van der Waals surface area contributed by atoms with E-state index in [1.54, 1.807) is 41.4 Å². The van der Waals surface area contributed by atoms with E-state index in [9.17, 15) is 4.79 Å². The lowest BCUT2D eigenvalue weighted by atomic mass is 10.1. The van der Waals surface area contributed by atoms with Crippen molar-refractivity contribution in [2.24, 2.45) is 10.7 Å². The molecule has 21 heavy (non-hydrogen) atoms. The largest absolute Gasteiger partial charge is 0.386 e. The standard InChI is InChI=1S/C15H15BrN4O/c16-6-2-1-3-12(17)8-20-9-15(18)19-13-5-4-11(10-21)7-14(13)20/h1-7,10,17H,8-9H2,(H2,18,19)/b3-1-,6-2+,17-12?. The third-order valence-electron chi connectivity index (χ3n) is 2.94. The molecule has 0 radical (unpaired) electrons. The van der Waals surface area contributed by atoms with Gasteiger partial charge in [-0.3, -0.25) is 4.79 Å². The van der Waals surface area contributed by atoms with Crippen molar-refractivity contribution < 1.29 is 4.79 Å². The van der Waals surface area contributed by atoms with Gasteiger partial charge in [0.1, 0.15) is 12.1 Å². The number of hydrogen-bond acceptors (Lipinski definition) is 5. The Morgan fingerprint density at radius 1 is 1.48 bits per heavy atom. The maximum absolute atomic E-state index is 10.9. The summed E-state index contributed by atoms with van der Waals surface area (Å²) >= 11 is 3.17. The molecule has 0 aromatic heterocycles. The van der Waals surface area contributed by atoms with E-state index in [-0.39, 0.29) is 0 Å². The first kappa shape index (κ1) is 15.2. The van der Waals surface area contributed by atoms with Gasteiger partial charge in [0.05, 0.1) is 30.2 Å². The predicted octanol–water partition coefficient (Wildman–Crippen LogP) is 2.79. The second-order valence-corrected chi connectivity index (χ2v) is 5.06. The quantitative estimate of drug-likeness (QED) is 0.488. The van der Waals surface area contributed by atoms with Crippen LogP contribution in [0.15, 0.2) is 46.4 Å². The third kappa shape index (κ3) is 3.88. The van der Waals surface area contributed by atoms with E-state index in [4.69, 9.17) is 11.1 Å². The molecule has 3 N–H and O–H groups in total. The number of aliphatic imine (C=N–C) groups is 1. The maximum atomic E-state index is 10.9. The smallest absolute Gasteiger partial charge is 0.150 e.